The van der Waals surface area contributed by atoms with Crippen molar-refractivity contribution in [1.82, 2.24) is 9.55 Å². The lowest BCUT2D eigenvalue weighted by Crippen LogP contribution is -2.10. The number of nitrogens with zero attached hydrogens (tertiary/aromatic N) is 2. The SMILES string of the molecule is CCOC(=O)c1nc(C)n(-c2c(F)cccc2Br)c1N. The van der Waals surface area contributed by atoms with E-state index in [1.165, 1.54) is 10.6 Å². The van der Waals surface area contributed by atoms with Gasteiger partial charge < -0.3 is 10.5 Å². The molecule has 0 spiro atoms. The number of imidazole rings is 1. The molecule has 0 saturated carbocycles. The van der Waals surface area contributed by atoms with Gasteiger partial charge in [-0.25, -0.2) is 14.2 Å². The zero-order chi connectivity index (χ0) is 14.9. The second-order valence-electron chi connectivity index (χ2n) is 4.02. The van der Waals surface area contributed by atoms with Crippen molar-refractivity contribution in [2.45, 2.75) is 13.8 Å². The molecule has 0 radical (unpaired) electrons. The molecule has 0 saturated heterocycles. The summed E-state index contributed by atoms with van der Waals surface area (Å²) < 4.78 is 20.8. The summed E-state index contributed by atoms with van der Waals surface area (Å²) in [6, 6.07) is 4.56. The number of anilines is 1. The van der Waals surface area contributed by atoms with E-state index < -0.39 is 11.8 Å². The third-order valence-electron chi connectivity index (χ3n) is 2.71. The maximum absolute atomic E-state index is 14.0. The summed E-state index contributed by atoms with van der Waals surface area (Å²) in [5.74, 6) is -0.649. The first-order chi connectivity index (χ1) is 9.47. The summed E-state index contributed by atoms with van der Waals surface area (Å²) in [4.78, 5) is 15.8. The first kappa shape index (κ1) is 14.5. The summed E-state index contributed by atoms with van der Waals surface area (Å²) in [6.07, 6.45) is 0. The quantitative estimate of drug-likeness (QED) is 0.871. The monoisotopic (exact) mass is 341 g/mol. The summed E-state index contributed by atoms with van der Waals surface area (Å²) >= 11 is 3.27. The van der Waals surface area contributed by atoms with Gasteiger partial charge in [-0.2, -0.15) is 0 Å². The van der Waals surface area contributed by atoms with E-state index in [1.54, 1.807) is 26.0 Å². The Labute approximate surface area is 123 Å². The molecule has 0 aliphatic heterocycles. The summed E-state index contributed by atoms with van der Waals surface area (Å²) in [5.41, 5.74) is 6.12. The van der Waals surface area contributed by atoms with Crippen LogP contribution >= 0.6 is 15.9 Å². The van der Waals surface area contributed by atoms with Gasteiger partial charge in [-0.1, -0.05) is 6.07 Å². The highest BCUT2D eigenvalue weighted by Crippen LogP contribution is 2.29. The van der Waals surface area contributed by atoms with Gasteiger partial charge in [0, 0.05) is 4.47 Å². The van der Waals surface area contributed by atoms with E-state index >= 15 is 0 Å². The number of nitrogens with two attached hydrogens (primary N) is 1. The van der Waals surface area contributed by atoms with E-state index in [9.17, 15) is 9.18 Å². The first-order valence-corrected chi connectivity index (χ1v) is 6.73. The number of aryl methyl sites for hydroxylation is 1. The average molecular weight is 342 g/mol. The Balaban J connectivity index is 2.62. The van der Waals surface area contributed by atoms with Crippen molar-refractivity contribution in [3.05, 3.63) is 40.0 Å². The van der Waals surface area contributed by atoms with Crippen molar-refractivity contribution >= 4 is 27.7 Å². The lowest BCUT2D eigenvalue weighted by Gasteiger charge is -2.11. The van der Waals surface area contributed by atoms with E-state index in [0.717, 1.165) is 0 Å². The van der Waals surface area contributed by atoms with Crippen LogP contribution in [0.5, 0.6) is 0 Å². The minimum absolute atomic E-state index is 0.0143. The summed E-state index contributed by atoms with van der Waals surface area (Å²) in [6.45, 7) is 3.54. The van der Waals surface area contributed by atoms with Crippen molar-refractivity contribution < 1.29 is 13.9 Å². The van der Waals surface area contributed by atoms with Crippen LogP contribution in [-0.4, -0.2) is 22.1 Å². The van der Waals surface area contributed by atoms with E-state index in [1.807, 2.05) is 0 Å². The molecular formula is C13H13BrFN3O2. The fourth-order valence-corrected chi connectivity index (χ4v) is 2.40. The molecule has 2 aromatic rings. The van der Waals surface area contributed by atoms with Crippen molar-refractivity contribution in [2.75, 3.05) is 12.3 Å². The number of halogens is 2. The van der Waals surface area contributed by atoms with E-state index in [0.29, 0.717) is 10.3 Å². The third-order valence-corrected chi connectivity index (χ3v) is 3.35. The Morgan fingerprint density at radius 1 is 1.55 bits per heavy atom. The molecule has 0 fully saturated rings. The highest BCUT2D eigenvalue weighted by molar-refractivity contribution is 9.10. The number of carbonyl (C=O) groups excluding carboxylic acids is 1. The number of rotatable bonds is 3. The van der Waals surface area contributed by atoms with Crippen molar-refractivity contribution in [3.8, 4) is 5.69 Å². The fraction of sp³-hybridized carbons (Fsp3) is 0.231. The van der Waals surface area contributed by atoms with Crippen molar-refractivity contribution in [1.29, 1.82) is 0 Å². The Morgan fingerprint density at radius 2 is 2.25 bits per heavy atom. The van der Waals surface area contributed by atoms with Gasteiger partial charge in [-0.3, -0.25) is 4.57 Å². The number of hydrogen-bond acceptors (Lipinski definition) is 4. The number of nitrogen functional groups attached to an aromatic ring is 1. The molecule has 2 N–H and O–H groups in total. The predicted molar refractivity (Wildman–Crippen MR) is 76.3 cm³/mol. The highest BCUT2D eigenvalue weighted by atomic mass is 79.9. The molecule has 0 atom stereocenters. The number of benzene rings is 1. The Morgan fingerprint density at radius 3 is 2.85 bits per heavy atom. The predicted octanol–water partition coefficient (Wildman–Crippen LogP) is 2.84. The average Bonchev–Trinajstić information content (AvgIpc) is 2.67. The van der Waals surface area contributed by atoms with Crippen molar-refractivity contribution in [3.63, 3.8) is 0 Å². The standard InChI is InChI=1S/C13H13BrFN3O2/c1-3-20-13(19)10-12(16)18(7(2)17-10)11-8(14)5-4-6-9(11)15/h4-6H,3,16H2,1-2H3. The van der Waals surface area contributed by atoms with E-state index in [2.05, 4.69) is 20.9 Å². The normalized spacial score (nSPS) is 10.6. The van der Waals surface area contributed by atoms with Gasteiger partial charge in [0.2, 0.25) is 0 Å². The molecule has 1 heterocycles. The van der Waals surface area contributed by atoms with Crippen LogP contribution in [0.1, 0.15) is 23.2 Å². The van der Waals surface area contributed by atoms with Gasteiger partial charge >= 0.3 is 5.97 Å². The maximum Gasteiger partial charge on any atom is 0.360 e. The van der Waals surface area contributed by atoms with E-state index in [-0.39, 0.29) is 23.8 Å². The molecule has 0 aliphatic rings. The van der Waals surface area contributed by atoms with Gasteiger partial charge in [-0.15, -0.1) is 0 Å². The van der Waals surface area contributed by atoms with Crippen LogP contribution in [0.15, 0.2) is 22.7 Å². The molecule has 20 heavy (non-hydrogen) atoms. The minimum atomic E-state index is -0.626. The number of ether oxygens (including phenoxy) is 1. The van der Waals surface area contributed by atoms with Gasteiger partial charge in [0.25, 0.3) is 0 Å². The Hall–Kier alpha value is -1.89. The number of aromatic nitrogens is 2. The summed E-state index contributed by atoms with van der Waals surface area (Å²) in [7, 11) is 0. The Kier molecular flexibility index (Phi) is 4.08. The number of esters is 1. The van der Waals surface area contributed by atoms with Crippen molar-refractivity contribution in [2.24, 2.45) is 0 Å². The lowest BCUT2D eigenvalue weighted by atomic mass is 10.3. The smallest absolute Gasteiger partial charge is 0.360 e. The molecule has 0 unspecified atom stereocenters. The van der Waals surface area contributed by atoms with Crippen LogP contribution in [0.3, 0.4) is 0 Å². The van der Waals surface area contributed by atoms with Gasteiger partial charge in [0.05, 0.1) is 12.3 Å². The molecule has 0 aliphatic carbocycles. The molecule has 7 heteroatoms. The Bertz CT molecular complexity index is 650. The fourth-order valence-electron chi connectivity index (χ4n) is 1.88. The van der Waals surface area contributed by atoms with E-state index in [4.69, 9.17) is 10.5 Å². The molecule has 1 aromatic heterocycles. The van der Waals surface area contributed by atoms with Gasteiger partial charge in [-0.05, 0) is 41.9 Å². The van der Waals surface area contributed by atoms with Crippen LogP contribution in [0, 0.1) is 12.7 Å². The van der Waals surface area contributed by atoms with Crippen LogP contribution in [0.2, 0.25) is 0 Å². The topological polar surface area (TPSA) is 70.1 Å². The minimum Gasteiger partial charge on any atom is -0.461 e. The van der Waals surface area contributed by atoms with Crippen LogP contribution in [0.25, 0.3) is 5.69 Å². The molecule has 2 rings (SSSR count). The zero-order valence-electron chi connectivity index (χ0n) is 11.0. The zero-order valence-corrected chi connectivity index (χ0v) is 12.6. The largest absolute Gasteiger partial charge is 0.461 e. The number of carbonyl (C=O) groups is 1. The molecule has 0 amide bonds. The number of hydrogen-bond donors (Lipinski definition) is 1. The molecule has 106 valence electrons. The van der Waals surface area contributed by atoms with Gasteiger partial charge in [0.1, 0.15) is 17.5 Å². The van der Waals surface area contributed by atoms with Crippen LogP contribution in [0.4, 0.5) is 10.2 Å². The first-order valence-electron chi connectivity index (χ1n) is 5.93. The molecular weight excluding hydrogens is 329 g/mol. The van der Waals surface area contributed by atoms with Crippen LogP contribution in [-0.2, 0) is 4.74 Å². The summed E-state index contributed by atoms with van der Waals surface area (Å²) in [5, 5.41) is 0. The molecule has 1 aromatic carbocycles. The third kappa shape index (κ3) is 2.40. The molecule has 5 nitrogen and oxygen atoms in total. The van der Waals surface area contributed by atoms with Crippen LogP contribution < -0.4 is 5.73 Å². The lowest BCUT2D eigenvalue weighted by molar-refractivity contribution is 0.0521. The second-order valence-corrected chi connectivity index (χ2v) is 4.87. The van der Waals surface area contributed by atoms with Gasteiger partial charge in [0.15, 0.2) is 5.69 Å². The second kappa shape index (κ2) is 5.62. The highest BCUT2D eigenvalue weighted by Gasteiger charge is 2.23. The maximum atomic E-state index is 14.0. The number of para-hydroxylation sites is 1. The molecule has 0 bridgehead atoms.